The smallest absolute Gasteiger partial charge is 0.434 e. The average molecular weight is 510 g/mol. The molecule has 1 aromatic carbocycles. The number of aromatic nitrogens is 3. The summed E-state index contributed by atoms with van der Waals surface area (Å²) < 4.78 is 50.9. The van der Waals surface area contributed by atoms with Crippen LogP contribution in [0.4, 0.5) is 24.1 Å². The lowest BCUT2D eigenvalue weighted by molar-refractivity contribution is -0.140. The molecule has 1 aliphatic rings. The Labute approximate surface area is 206 Å². The molecular weight excluding hydrogens is 479 g/mol. The second kappa shape index (κ2) is 11.5. The maximum absolute atomic E-state index is 13.0. The Morgan fingerprint density at radius 2 is 1.94 bits per heavy atom. The molecule has 0 radical (unpaired) electrons. The monoisotopic (exact) mass is 509 g/mol. The first-order valence-electron chi connectivity index (χ1n) is 11.9. The van der Waals surface area contributed by atoms with Crippen molar-refractivity contribution in [1.82, 2.24) is 19.9 Å². The van der Waals surface area contributed by atoms with Crippen molar-refractivity contribution in [1.29, 1.82) is 0 Å². The van der Waals surface area contributed by atoms with Crippen LogP contribution in [0.1, 0.15) is 44.4 Å². The molecule has 1 fully saturated rings. The Morgan fingerprint density at radius 1 is 1.17 bits per heavy atom. The third kappa shape index (κ3) is 6.59. The molecule has 0 amide bonds. The third-order valence-corrected chi connectivity index (χ3v) is 6.84. The van der Waals surface area contributed by atoms with E-state index in [1.165, 1.54) is 6.33 Å². The van der Waals surface area contributed by atoms with Crippen molar-refractivity contribution in [3.63, 3.8) is 0 Å². The van der Waals surface area contributed by atoms with Crippen molar-refractivity contribution in [3.05, 3.63) is 35.1 Å². The zero-order chi connectivity index (χ0) is 24.8. The summed E-state index contributed by atoms with van der Waals surface area (Å²) in [6.45, 7) is 8.61. The molecule has 35 heavy (non-hydrogen) atoms. The normalized spacial score (nSPS) is 15.1. The Bertz CT molecular complexity index is 1110. The number of rotatable bonds is 10. The highest BCUT2D eigenvalue weighted by atomic mass is 32.1. The van der Waals surface area contributed by atoms with Gasteiger partial charge in [-0.05, 0) is 50.2 Å². The molecule has 2 aromatic heterocycles. The zero-order valence-electron chi connectivity index (χ0n) is 19.9. The van der Waals surface area contributed by atoms with E-state index in [0.717, 1.165) is 67.6 Å². The number of hydrogen-bond donors (Lipinski definition) is 1. The molecule has 190 valence electrons. The van der Waals surface area contributed by atoms with Crippen LogP contribution in [0.3, 0.4) is 0 Å². The van der Waals surface area contributed by atoms with Crippen LogP contribution in [0, 0.1) is 0 Å². The van der Waals surface area contributed by atoms with E-state index >= 15 is 0 Å². The van der Waals surface area contributed by atoms with Gasteiger partial charge < -0.3 is 19.7 Å². The summed E-state index contributed by atoms with van der Waals surface area (Å²) in [5, 5.41) is 4.68. The quantitative estimate of drug-likeness (QED) is 0.377. The minimum atomic E-state index is -4.50. The van der Waals surface area contributed by atoms with Crippen molar-refractivity contribution in [2.24, 2.45) is 0 Å². The Hall–Kier alpha value is -2.50. The molecule has 3 heterocycles. The number of ether oxygens (including phenoxy) is 2. The van der Waals surface area contributed by atoms with Crippen molar-refractivity contribution < 1.29 is 22.6 Å². The number of aryl methyl sites for hydroxylation is 1. The summed E-state index contributed by atoms with van der Waals surface area (Å²) in [6.07, 6.45) is 0.298. The second-order valence-electron chi connectivity index (χ2n) is 8.43. The number of benzene rings is 1. The summed E-state index contributed by atoms with van der Waals surface area (Å²) in [5.74, 6) is 0.998. The first kappa shape index (κ1) is 25.6. The van der Waals surface area contributed by atoms with E-state index in [2.05, 4.69) is 39.0 Å². The van der Waals surface area contributed by atoms with Crippen LogP contribution in [0.5, 0.6) is 5.75 Å². The number of fused-ring (bicyclic) bond motifs is 1. The van der Waals surface area contributed by atoms with E-state index < -0.39 is 11.9 Å². The maximum Gasteiger partial charge on any atom is 0.434 e. The molecule has 4 rings (SSSR count). The van der Waals surface area contributed by atoms with Crippen LogP contribution in [0.25, 0.3) is 10.9 Å². The summed E-state index contributed by atoms with van der Waals surface area (Å²) in [5.41, 5.74) is 0.847. The predicted octanol–water partition coefficient (Wildman–Crippen LogP) is 5.68. The fraction of sp³-hybridized carbons (Fsp3) is 0.542. The fourth-order valence-electron chi connectivity index (χ4n) is 4.12. The molecule has 0 saturated carbocycles. The van der Waals surface area contributed by atoms with Gasteiger partial charge in [0.2, 0.25) is 0 Å². The molecule has 1 saturated heterocycles. The molecule has 0 atom stereocenters. The highest BCUT2D eigenvalue weighted by molar-refractivity contribution is 7.13. The molecule has 0 aliphatic carbocycles. The van der Waals surface area contributed by atoms with Gasteiger partial charge in [0.05, 0.1) is 24.1 Å². The van der Waals surface area contributed by atoms with Gasteiger partial charge in [0.25, 0.3) is 0 Å². The van der Waals surface area contributed by atoms with E-state index in [1.807, 2.05) is 12.1 Å². The minimum absolute atomic E-state index is 0.0115. The molecule has 0 unspecified atom stereocenters. The number of hydrogen-bond acceptors (Lipinski definition) is 8. The first-order valence-corrected chi connectivity index (χ1v) is 12.8. The molecule has 7 nitrogen and oxygen atoms in total. The maximum atomic E-state index is 13.0. The number of anilines is 2. The standard InChI is InChI=1S/C24H30F3N5O2S/c1-3-32(4-2)9-5-6-16-12-18-21(19(13-16)34-17-7-10-33-11-8-17)22(29-15-28-18)31-23-30-20(14-35-23)24(25,26)27/h12-15,17H,3-11H2,1-2H3,(H,28,29,30,31). The highest BCUT2D eigenvalue weighted by Gasteiger charge is 2.34. The number of thiazole rings is 1. The van der Waals surface area contributed by atoms with Gasteiger partial charge in [-0.25, -0.2) is 15.0 Å². The number of alkyl halides is 3. The third-order valence-electron chi connectivity index (χ3n) is 6.08. The molecule has 3 aromatic rings. The SMILES string of the molecule is CCN(CC)CCCc1cc(OC2CCOCC2)c2c(Nc3nc(C(F)(F)F)cs3)ncnc2c1. The Balaban J connectivity index is 1.64. The summed E-state index contributed by atoms with van der Waals surface area (Å²) >= 11 is 0.878. The van der Waals surface area contributed by atoms with Crippen LogP contribution in [0.15, 0.2) is 23.8 Å². The Kier molecular flexibility index (Phi) is 8.40. The molecule has 1 N–H and O–H groups in total. The van der Waals surface area contributed by atoms with Crippen molar-refractivity contribution in [2.45, 2.75) is 51.8 Å². The van der Waals surface area contributed by atoms with Gasteiger partial charge in [-0.3, -0.25) is 0 Å². The average Bonchev–Trinajstić information content (AvgIpc) is 3.32. The number of nitrogens with zero attached hydrogens (tertiary/aromatic N) is 4. The molecule has 11 heteroatoms. The first-order chi connectivity index (χ1) is 16.9. The van der Waals surface area contributed by atoms with Crippen LogP contribution in [-0.2, 0) is 17.3 Å². The lowest BCUT2D eigenvalue weighted by Gasteiger charge is -2.25. The molecule has 0 bridgehead atoms. The number of halogens is 3. The van der Waals surface area contributed by atoms with E-state index in [1.54, 1.807) is 0 Å². The van der Waals surface area contributed by atoms with Gasteiger partial charge in [-0.2, -0.15) is 13.2 Å². The summed E-state index contributed by atoms with van der Waals surface area (Å²) in [7, 11) is 0. The summed E-state index contributed by atoms with van der Waals surface area (Å²) in [4.78, 5) is 14.8. The van der Waals surface area contributed by atoms with Crippen LogP contribution in [0.2, 0.25) is 0 Å². The highest BCUT2D eigenvalue weighted by Crippen LogP contribution is 2.37. The van der Waals surface area contributed by atoms with Crippen LogP contribution < -0.4 is 10.1 Å². The second-order valence-corrected chi connectivity index (χ2v) is 9.29. The van der Waals surface area contributed by atoms with Crippen LogP contribution in [-0.4, -0.2) is 58.8 Å². The largest absolute Gasteiger partial charge is 0.489 e. The van der Waals surface area contributed by atoms with Crippen molar-refractivity contribution in [3.8, 4) is 5.75 Å². The van der Waals surface area contributed by atoms with Gasteiger partial charge >= 0.3 is 6.18 Å². The Morgan fingerprint density at radius 3 is 2.63 bits per heavy atom. The van der Waals surface area contributed by atoms with E-state index in [9.17, 15) is 13.2 Å². The van der Waals surface area contributed by atoms with E-state index in [0.29, 0.717) is 35.7 Å². The van der Waals surface area contributed by atoms with Gasteiger partial charge in [-0.15, -0.1) is 11.3 Å². The lowest BCUT2D eigenvalue weighted by atomic mass is 10.1. The van der Waals surface area contributed by atoms with Gasteiger partial charge in [0.15, 0.2) is 10.8 Å². The number of nitrogens with one attached hydrogen (secondary N) is 1. The molecular formula is C24H30F3N5O2S. The van der Waals surface area contributed by atoms with Crippen LogP contribution >= 0.6 is 11.3 Å². The minimum Gasteiger partial charge on any atom is -0.489 e. The van der Waals surface area contributed by atoms with Crippen molar-refractivity contribution in [2.75, 3.05) is 38.2 Å². The topological polar surface area (TPSA) is 72.4 Å². The van der Waals surface area contributed by atoms with E-state index in [4.69, 9.17) is 9.47 Å². The summed E-state index contributed by atoms with van der Waals surface area (Å²) in [6, 6.07) is 4.02. The van der Waals surface area contributed by atoms with Gasteiger partial charge in [0, 0.05) is 18.2 Å². The zero-order valence-corrected chi connectivity index (χ0v) is 20.7. The van der Waals surface area contributed by atoms with Gasteiger partial charge in [-0.1, -0.05) is 13.8 Å². The predicted molar refractivity (Wildman–Crippen MR) is 131 cm³/mol. The fourth-order valence-corrected chi connectivity index (χ4v) is 4.84. The van der Waals surface area contributed by atoms with E-state index in [-0.39, 0.29) is 11.2 Å². The van der Waals surface area contributed by atoms with Crippen molar-refractivity contribution >= 4 is 33.2 Å². The molecule has 0 spiro atoms. The molecule has 1 aliphatic heterocycles. The lowest BCUT2D eigenvalue weighted by Crippen LogP contribution is -2.26. The van der Waals surface area contributed by atoms with Gasteiger partial charge in [0.1, 0.15) is 24.0 Å².